The summed E-state index contributed by atoms with van der Waals surface area (Å²) in [5.41, 5.74) is 1.44. The first-order valence-electron chi connectivity index (χ1n) is 7.54. The summed E-state index contributed by atoms with van der Waals surface area (Å²) in [6, 6.07) is 15.7. The molecule has 0 amide bonds. The number of benzene rings is 1. The zero-order valence-electron chi connectivity index (χ0n) is 12.7. The Morgan fingerprint density at radius 1 is 1.05 bits per heavy atom. The molecule has 20 heavy (non-hydrogen) atoms. The lowest BCUT2D eigenvalue weighted by Gasteiger charge is -2.25. The standard InChI is InChI=1S/C18H25NS/c1-4-17(18-11-8-12-20-18)19-13-16(14(2)3)15-9-6-5-7-10-15/h5-12,14,16-17,19H,4,13H2,1-3H3. The summed E-state index contributed by atoms with van der Waals surface area (Å²) in [6.07, 6.45) is 1.14. The molecule has 0 aliphatic rings. The minimum atomic E-state index is 0.486. The highest BCUT2D eigenvalue weighted by atomic mass is 32.1. The average Bonchev–Trinajstić information content (AvgIpc) is 2.98. The molecule has 0 saturated heterocycles. The second-order valence-corrected chi connectivity index (χ2v) is 6.62. The van der Waals surface area contributed by atoms with Crippen LogP contribution in [-0.4, -0.2) is 6.54 Å². The van der Waals surface area contributed by atoms with Gasteiger partial charge >= 0.3 is 0 Å². The SMILES string of the molecule is CCC(NCC(c1ccccc1)C(C)C)c1cccs1. The molecular formula is C18H25NS. The summed E-state index contributed by atoms with van der Waals surface area (Å²) in [5.74, 6) is 1.22. The molecule has 1 heterocycles. The van der Waals surface area contributed by atoms with Crippen molar-refractivity contribution in [2.24, 2.45) is 5.92 Å². The molecule has 0 spiro atoms. The first-order chi connectivity index (χ1) is 9.72. The fourth-order valence-electron chi connectivity index (χ4n) is 2.64. The lowest BCUT2D eigenvalue weighted by Crippen LogP contribution is -2.28. The summed E-state index contributed by atoms with van der Waals surface area (Å²) in [7, 11) is 0. The first kappa shape index (κ1) is 15.3. The number of thiophene rings is 1. The molecule has 2 heteroatoms. The third kappa shape index (κ3) is 3.94. The van der Waals surface area contributed by atoms with Crippen LogP contribution in [0.2, 0.25) is 0 Å². The van der Waals surface area contributed by atoms with Crippen LogP contribution in [-0.2, 0) is 0 Å². The Balaban J connectivity index is 2.02. The van der Waals surface area contributed by atoms with Gasteiger partial charge < -0.3 is 5.32 Å². The van der Waals surface area contributed by atoms with Crippen LogP contribution in [0.25, 0.3) is 0 Å². The molecule has 0 saturated carbocycles. The number of rotatable bonds is 7. The van der Waals surface area contributed by atoms with E-state index in [1.165, 1.54) is 10.4 Å². The fourth-order valence-corrected chi connectivity index (χ4v) is 3.53. The van der Waals surface area contributed by atoms with Crippen molar-refractivity contribution in [3.63, 3.8) is 0 Å². The summed E-state index contributed by atoms with van der Waals surface area (Å²) in [6.45, 7) is 7.92. The highest BCUT2D eigenvalue weighted by Crippen LogP contribution is 2.26. The van der Waals surface area contributed by atoms with Crippen LogP contribution in [0.1, 0.15) is 49.6 Å². The Kier molecular flexibility index (Phi) is 5.81. The highest BCUT2D eigenvalue weighted by Gasteiger charge is 2.18. The molecule has 1 N–H and O–H groups in total. The molecule has 0 bridgehead atoms. The van der Waals surface area contributed by atoms with E-state index in [-0.39, 0.29) is 0 Å². The molecule has 1 aromatic carbocycles. The van der Waals surface area contributed by atoms with E-state index >= 15 is 0 Å². The lowest BCUT2D eigenvalue weighted by molar-refractivity contribution is 0.423. The zero-order chi connectivity index (χ0) is 14.4. The molecule has 1 aromatic heterocycles. The largest absolute Gasteiger partial charge is 0.309 e. The molecule has 0 aliphatic carbocycles. The molecule has 1 nitrogen and oxygen atoms in total. The Labute approximate surface area is 127 Å². The Morgan fingerprint density at radius 3 is 2.35 bits per heavy atom. The van der Waals surface area contributed by atoms with E-state index in [1.54, 1.807) is 0 Å². The predicted molar refractivity (Wildman–Crippen MR) is 89.4 cm³/mol. The van der Waals surface area contributed by atoms with E-state index in [4.69, 9.17) is 0 Å². The smallest absolute Gasteiger partial charge is 0.0412 e. The molecule has 2 atom stereocenters. The molecule has 2 rings (SSSR count). The zero-order valence-corrected chi connectivity index (χ0v) is 13.5. The second-order valence-electron chi connectivity index (χ2n) is 5.65. The van der Waals surface area contributed by atoms with Gasteiger partial charge in [0, 0.05) is 17.5 Å². The van der Waals surface area contributed by atoms with Gasteiger partial charge in [0.05, 0.1) is 0 Å². The van der Waals surface area contributed by atoms with Crippen molar-refractivity contribution >= 4 is 11.3 Å². The number of hydrogen-bond donors (Lipinski definition) is 1. The molecule has 0 radical (unpaired) electrons. The number of hydrogen-bond acceptors (Lipinski definition) is 2. The predicted octanol–water partition coefficient (Wildman–Crippen LogP) is 5.23. The van der Waals surface area contributed by atoms with Crippen molar-refractivity contribution in [2.75, 3.05) is 6.54 Å². The van der Waals surface area contributed by atoms with Crippen LogP contribution in [0.5, 0.6) is 0 Å². The topological polar surface area (TPSA) is 12.0 Å². The van der Waals surface area contributed by atoms with E-state index in [2.05, 4.69) is 73.9 Å². The molecule has 2 aromatic rings. The Hall–Kier alpha value is -1.12. The van der Waals surface area contributed by atoms with Gasteiger partial charge in [-0.25, -0.2) is 0 Å². The molecule has 108 valence electrons. The highest BCUT2D eigenvalue weighted by molar-refractivity contribution is 7.10. The maximum atomic E-state index is 3.76. The quantitative estimate of drug-likeness (QED) is 0.735. The maximum absolute atomic E-state index is 3.76. The van der Waals surface area contributed by atoms with Gasteiger partial charge in [0.1, 0.15) is 0 Å². The normalized spacial score (nSPS) is 14.4. The van der Waals surface area contributed by atoms with Crippen molar-refractivity contribution in [1.29, 1.82) is 0 Å². The van der Waals surface area contributed by atoms with Gasteiger partial charge in [0.2, 0.25) is 0 Å². The third-order valence-electron chi connectivity index (χ3n) is 3.91. The van der Waals surface area contributed by atoms with E-state index in [0.29, 0.717) is 17.9 Å². The Bertz CT molecular complexity index is 475. The van der Waals surface area contributed by atoms with Gasteiger partial charge in [-0.1, -0.05) is 57.2 Å². The van der Waals surface area contributed by atoms with Crippen LogP contribution in [0.3, 0.4) is 0 Å². The van der Waals surface area contributed by atoms with Gasteiger partial charge in [-0.05, 0) is 35.3 Å². The minimum Gasteiger partial charge on any atom is -0.309 e. The van der Waals surface area contributed by atoms with E-state index in [1.807, 2.05) is 11.3 Å². The summed E-state index contributed by atoms with van der Waals surface area (Å²) < 4.78 is 0. The Morgan fingerprint density at radius 2 is 1.80 bits per heavy atom. The van der Waals surface area contributed by atoms with Gasteiger partial charge in [-0.2, -0.15) is 0 Å². The van der Waals surface area contributed by atoms with Crippen LogP contribution in [0.4, 0.5) is 0 Å². The molecule has 0 aliphatic heterocycles. The van der Waals surface area contributed by atoms with Crippen molar-refractivity contribution in [3.8, 4) is 0 Å². The minimum absolute atomic E-state index is 0.486. The van der Waals surface area contributed by atoms with Gasteiger partial charge in [-0.3, -0.25) is 0 Å². The first-order valence-corrected chi connectivity index (χ1v) is 8.42. The molecule has 0 fully saturated rings. The summed E-state index contributed by atoms with van der Waals surface area (Å²) in [5, 5.41) is 5.93. The van der Waals surface area contributed by atoms with E-state index in [9.17, 15) is 0 Å². The van der Waals surface area contributed by atoms with Crippen LogP contribution < -0.4 is 5.32 Å². The third-order valence-corrected chi connectivity index (χ3v) is 4.90. The molecular weight excluding hydrogens is 262 g/mol. The lowest BCUT2D eigenvalue weighted by atomic mass is 9.88. The summed E-state index contributed by atoms with van der Waals surface area (Å²) in [4.78, 5) is 1.45. The van der Waals surface area contributed by atoms with Gasteiger partial charge in [0.15, 0.2) is 0 Å². The van der Waals surface area contributed by atoms with E-state index in [0.717, 1.165) is 13.0 Å². The molecule has 2 unspecified atom stereocenters. The van der Waals surface area contributed by atoms with Crippen molar-refractivity contribution in [3.05, 3.63) is 58.3 Å². The fraction of sp³-hybridized carbons (Fsp3) is 0.444. The van der Waals surface area contributed by atoms with Gasteiger partial charge in [0.25, 0.3) is 0 Å². The van der Waals surface area contributed by atoms with Crippen molar-refractivity contribution in [1.82, 2.24) is 5.32 Å². The maximum Gasteiger partial charge on any atom is 0.0412 e. The van der Waals surface area contributed by atoms with E-state index < -0.39 is 0 Å². The van der Waals surface area contributed by atoms with Crippen molar-refractivity contribution in [2.45, 2.75) is 39.2 Å². The number of nitrogens with one attached hydrogen (secondary N) is 1. The van der Waals surface area contributed by atoms with Crippen LogP contribution in [0.15, 0.2) is 47.8 Å². The van der Waals surface area contributed by atoms with Crippen LogP contribution >= 0.6 is 11.3 Å². The average molecular weight is 287 g/mol. The monoisotopic (exact) mass is 287 g/mol. The van der Waals surface area contributed by atoms with Crippen molar-refractivity contribution < 1.29 is 0 Å². The van der Waals surface area contributed by atoms with Gasteiger partial charge in [-0.15, -0.1) is 11.3 Å². The second kappa shape index (κ2) is 7.61. The summed E-state index contributed by atoms with van der Waals surface area (Å²) >= 11 is 1.85. The van der Waals surface area contributed by atoms with Crippen LogP contribution in [0, 0.1) is 5.92 Å².